The number of hydrogen-bond donors (Lipinski definition) is 1. The van der Waals surface area contributed by atoms with Crippen molar-refractivity contribution in [2.75, 3.05) is 11.9 Å². The normalized spacial score (nSPS) is 12.8. The Morgan fingerprint density at radius 2 is 2.27 bits per heavy atom. The van der Waals surface area contributed by atoms with E-state index < -0.39 is 0 Å². The van der Waals surface area contributed by atoms with Crippen LogP contribution >= 0.6 is 0 Å². The Hall–Kier alpha value is -1.25. The Morgan fingerprint density at radius 3 is 2.87 bits per heavy atom. The Kier molecular flexibility index (Phi) is 4.40. The molecule has 3 heteroatoms. The second-order valence-electron chi connectivity index (χ2n) is 4.29. The predicted octanol–water partition coefficient (Wildman–Crippen LogP) is 2.77. The highest BCUT2D eigenvalue weighted by molar-refractivity contribution is 5.26. The van der Waals surface area contributed by atoms with E-state index in [1.54, 1.807) is 0 Å². The van der Waals surface area contributed by atoms with E-state index in [9.17, 15) is 0 Å². The number of hydrogen-bond acceptors (Lipinski definition) is 2. The first-order chi connectivity index (χ1) is 7.15. The Labute approximate surface area is 92.2 Å². The summed E-state index contributed by atoms with van der Waals surface area (Å²) in [5.74, 6) is 2.28. The Balaban J connectivity index is 2.60. The van der Waals surface area contributed by atoms with Gasteiger partial charge in [-0.2, -0.15) is 0 Å². The second kappa shape index (κ2) is 5.59. The third kappa shape index (κ3) is 3.42. The maximum Gasteiger partial charge on any atom is 0.203 e. The first kappa shape index (κ1) is 11.8. The number of nitrogens with one attached hydrogen (secondary N) is 1. The van der Waals surface area contributed by atoms with Gasteiger partial charge in [0.25, 0.3) is 0 Å². The van der Waals surface area contributed by atoms with Gasteiger partial charge in [0.2, 0.25) is 5.95 Å². The molecule has 0 aromatic carbocycles. The molecule has 1 aromatic rings. The van der Waals surface area contributed by atoms with Gasteiger partial charge in [0.15, 0.2) is 0 Å². The van der Waals surface area contributed by atoms with Crippen LogP contribution in [-0.2, 0) is 6.54 Å². The first-order valence-corrected chi connectivity index (χ1v) is 5.51. The summed E-state index contributed by atoms with van der Waals surface area (Å²) < 4.78 is 2.16. The molecule has 0 fully saturated rings. The number of nitrogens with zero attached hydrogens (tertiary/aromatic N) is 2. The van der Waals surface area contributed by atoms with Crippen molar-refractivity contribution in [1.82, 2.24) is 9.55 Å². The molecular formula is C12H21N3. The highest BCUT2D eigenvalue weighted by Gasteiger charge is 2.09. The SMILES string of the molecule is C=CCNc1nccn1CC(C)C(C)C. The van der Waals surface area contributed by atoms with Crippen molar-refractivity contribution < 1.29 is 0 Å². The highest BCUT2D eigenvalue weighted by atomic mass is 15.2. The highest BCUT2D eigenvalue weighted by Crippen LogP contribution is 2.15. The first-order valence-electron chi connectivity index (χ1n) is 5.51. The van der Waals surface area contributed by atoms with E-state index in [2.05, 4.69) is 42.2 Å². The molecule has 0 spiro atoms. The van der Waals surface area contributed by atoms with E-state index in [1.165, 1.54) is 0 Å². The largest absolute Gasteiger partial charge is 0.352 e. The summed E-state index contributed by atoms with van der Waals surface area (Å²) in [7, 11) is 0. The summed E-state index contributed by atoms with van der Waals surface area (Å²) in [5.41, 5.74) is 0. The molecular weight excluding hydrogens is 186 g/mol. The molecule has 0 saturated heterocycles. The molecule has 1 N–H and O–H groups in total. The zero-order valence-electron chi connectivity index (χ0n) is 9.90. The van der Waals surface area contributed by atoms with Crippen molar-refractivity contribution in [2.45, 2.75) is 27.3 Å². The molecule has 1 rings (SSSR count). The van der Waals surface area contributed by atoms with Crippen LogP contribution < -0.4 is 5.32 Å². The van der Waals surface area contributed by atoms with Crippen molar-refractivity contribution in [3.05, 3.63) is 25.0 Å². The molecule has 15 heavy (non-hydrogen) atoms. The fourth-order valence-corrected chi connectivity index (χ4v) is 1.31. The standard InChI is InChI=1S/C12H21N3/c1-5-6-13-12-14-7-8-15(12)9-11(4)10(2)3/h5,7-8,10-11H,1,6,9H2,2-4H3,(H,13,14). The fourth-order valence-electron chi connectivity index (χ4n) is 1.31. The van der Waals surface area contributed by atoms with Crippen molar-refractivity contribution >= 4 is 5.95 Å². The fraction of sp³-hybridized carbons (Fsp3) is 0.583. The molecule has 1 atom stereocenters. The second-order valence-corrected chi connectivity index (χ2v) is 4.29. The van der Waals surface area contributed by atoms with Gasteiger partial charge in [-0.3, -0.25) is 0 Å². The zero-order chi connectivity index (χ0) is 11.3. The minimum Gasteiger partial charge on any atom is -0.352 e. The molecule has 0 amide bonds. The maximum atomic E-state index is 4.27. The van der Waals surface area contributed by atoms with Crippen LogP contribution in [0.1, 0.15) is 20.8 Å². The molecule has 1 heterocycles. The van der Waals surface area contributed by atoms with Crippen LogP contribution in [0.4, 0.5) is 5.95 Å². The van der Waals surface area contributed by atoms with Crippen molar-refractivity contribution in [2.24, 2.45) is 11.8 Å². The minimum absolute atomic E-state index is 0.656. The van der Waals surface area contributed by atoms with Gasteiger partial charge in [0.1, 0.15) is 0 Å². The van der Waals surface area contributed by atoms with Gasteiger partial charge in [-0.15, -0.1) is 6.58 Å². The average molecular weight is 207 g/mol. The monoisotopic (exact) mass is 207 g/mol. The van der Waals surface area contributed by atoms with E-state index in [-0.39, 0.29) is 0 Å². The Morgan fingerprint density at radius 1 is 1.53 bits per heavy atom. The lowest BCUT2D eigenvalue weighted by Crippen LogP contribution is -2.15. The molecule has 1 aromatic heterocycles. The molecule has 0 aliphatic rings. The molecule has 3 nitrogen and oxygen atoms in total. The summed E-state index contributed by atoms with van der Waals surface area (Å²) in [5, 5.41) is 3.22. The molecule has 0 radical (unpaired) electrons. The van der Waals surface area contributed by atoms with Crippen LogP contribution in [-0.4, -0.2) is 16.1 Å². The lowest BCUT2D eigenvalue weighted by Gasteiger charge is -2.17. The molecule has 0 saturated carbocycles. The summed E-state index contributed by atoms with van der Waals surface area (Å²) in [6.07, 6.45) is 5.69. The smallest absolute Gasteiger partial charge is 0.203 e. The summed E-state index contributed by atoms with van der Waals surface area (Å²) in [6, 6.07) is 0. The Bertz CT molecular complexity index is 302. The number of imidazole rings is 1. The number of aromatic nitrogens is 2. The predicted molar refractivity (Wildman–Crippen MR) is 64.9 cm³/mol. The van der Waals surface area contributed by atoms with Crippen molar-refractivity contribution in [3.8, 4) is 0 Å². The van der Waals surface area contributed by atoms with Gasteiger partial charge in [-0.1, -0.05) is 26.8 Å². The van der Waals surface area contributed by atoms with Gasteiger partial charge in [0, 0.05) is 25.5 Å². The average Bonchev–Trinajstić information content (AvgIpc) is 2.62. The maximum absolute atomic E-state index is 4.27. The quantitative estimate of drug-likeness (QED) is 0.727. The topological polar surface area (TPSA) is 29.9 Å². The molecule has 0 aliphatic heterocycles. The van der Waals surface area contributed by atoms with Crippen LogP contribution in [0.3, 0.4) is 0 Å². The molecule has 0 bridgehead atoms. The molecule has 1 unspecified atom stereocenters. The lowest BCUT2D eigenvalue weighted by atomic mass is 9.98. The minimum atomic E-state index is 0.656. The van der Waals surface area contributed by atoms with Crippen molar-refractivity contribution in [3.63, 3.8) is 0 Å². The van der Waals surface area contributed by atoms with Gasteiger partial charge in [-0.25, -0.2) is 4.98 Å². The van der Waals surface area contributed by atoms with Crippen molar-refractivity contribution in [1.29, 1.82) is 0 Å². The lowest BCUT2D eigenvalue weighted by molar-refractivity contribution is 0.366. The third-order valence-electron chi connectivity index (χ3n) is 2.74. The van der Waals surface area contributed by atoms with E-state index in [0.29, 0.717) is 11.8 Å². The molecule has 84 valence electrons. The van der Waals surface area contributed by atoms with Crippen LogP contribution in [0.25, 0.3) is 0 Å². The van der Waals surface area contributed by atoms with Gasteiger partial charge < -0.3 is 9.88 Å². The van der Waals surface area contributed by atoms with E-state index >= 15 is 0 Å². The van der Waals surface area contributed by atoms with E-state index in [0.717, 1.165) is 19.0 Å². The van der Waals surface area contributed by atoms with Gasteiger partial charge in [-0.05, 0) is 11.8 Å². The summed E-state index contributed by atoms with van der Waals surface area (Å²) in [4.78, 5) is 4.27. The van der Waals surface area contributed by atoms with E-state index in [1.807, 2.05) is 18.5 Å². The molecule has 0 aliphatic carbocycles. The van der Waals surface area contributed by atoms with Crippen LogP contribution in [0, 0.1) is 11.8 Å². The summed E-state index contributed by atoms with van der Waals surface area (Å²) >= 11 is 0. The number of anilines is 1. The summed E-state index contributed by atoms with van der Waals surface area (Å²) in [6.45, 7) is 12.2. The van der Waals surface area contributed by atoms with Crippen LogP contribution in [0.15, 0.2) is 25.0 Å². The van der Waals surface area contributed by atoms with Gasteiger partial charge >= 0.3 is 0 Å². The zero-order valence-corrected chi connectivity index (χ0v) is 9.90. The van der Waals surface area contributed by atoms with Crippen LogP contribution in [0.5, 0.6) is 0 Å². The third-order valence-corrected chi connectivity index (χ3v) is 2.74. The van der Waals surface area contributed by atoms with E-state index in [4.69, 9.17) is 0 Å². The van der Waals surface area contributed by atoms with Gasteiger partial charge in [0.05, 0.1) is 0 Å². The number of rotatable bonds is 6. The van der Waals surface area contributed by atoms with Crippen LogP contribution in [0.2, 0.25) is 0 Å².